The number of para-hydroxylation sites is 1. The third-order valence-corrected chi connectivity index (χ3v) is 7.08. The minimum atomic E-state index is -4.60. The Bertz CT molecular complexity index is 1130. The van der Waals surface area contributed by atoms with Crippen LogP contribution in [0, 0.1) is 0 Å². The lowest BCUT2D eigenvalue weighted by Crippen LogP contribution is -2.57. The second-order valence-corrected chi connectivity index (χ2v) is 9.96. The van der Waals surface area contributed by atoms with E-state index in [-0.39, 0.29) is 37.4 Å². The lowest BCUT2D eigenvalue weighted by atomic mass is 9.85. The molecule has 3 saturated heterocycles. The molecule has 3 fully saturated rings. The number of likely N-dealkylation sites (tertiary alicyclic amines) is 1. The highest BCUT2D eigenvalue weighted by Crippen LogP contribution is 2.52. The maximum absolute atomic E-state index is 13.9. The zero-order chi connectivity index (χ0) is 27.0. The molecule has 3 atom stereocenters. The Balaban J connectivity index is 1.20. The van der Waals surface area contributed by atoms with Gasteiger partial charge in [-0.15, -0.1) is 0 Å². The van der Waals surface area contributed by atoms with Crippen LogP contribution in [0.2, 0.25) is 0 Å². The summed E-state index contributed by atoms with van der Waals surface area (Å²) in [6.07, 6.45) is -4.24. The molecule has 0 spiro atoms. The van der Waals surface area contributed by atoms with Crippen molar-refractivity contribution in [2.75, 3.05) is 31.6 Å². The predicted octanol–water partition coefficient (Wildman–Crippen LogP) is 4.59. The van der Waals surface area contributed by atoms with Gasteiger partial charge >= 0.3 is 12.2 Å². The summed E-state index contributed by atoms with van der Waals surface area (Å²) < 4.78 is 78.8. The average molecular weight is 541 g/mol. The number of nitrogens with zero attached hydrogens (tertiary/aromatic N) is 1. The molecule has 3 unspecified atom stereocenters. The van der Waals surface area contributed by atoms with Crippen molar-refractivity contribution < 1.29 is 36.2 Å². The van der Waals surface area contributed by atoms with E-state index in [2.05, 4.69) is 16.0 Å². The van der Waals surface area contributed by atoms with Crippen molar-refractivity contribution in [1.29, 1.82) is 0 Å². The van der Waals surface area contributed by atoms with E-state index in [1.54, 1.807) is 35.2 Å². The number of benzene rings is 2. The molecule has 0 saturated carbocycles. The van der Waals surface area contributed by atoms with E-state index in [1.165, 1.54) is 18.2 Å². The van der Waals surface area contributed by atoms with Gasteiger partial charge in [-0.1, -0.05) is 30.3 Å². The van der Waals surface area contributed by atoms with Gasteiger partial charge in [0.25, 0.3) is 5.92 Å². The highest BCUT2D eigenvalue weighted by Gasteiger charge is 2.62. The summed E-state index contributed by atoms with van der Waals surface area (Å²) in [5.41, 5.74) is -1.12. The SMILES string of the molecule is O=C(Nc1ccc(CN2CC(F)(F)C2)cc1)NC1CCCNC1Oc1ccccc1C1(C(F)(F)F)CCO1. The van der Waals surface area contributed by atoms with E-state index < -0.39 is 36.0 Å². The Morgan fingerprint density at radius 2 is 1.84 bits per heavy atom. The third kappa shape index (κ3) is 5.57. The van der Waals surface area contributed by atoms with Crippen LogP contribution in [0.1, 0.15) is 30.4 Å². The quantitative estimate of drug-likeness (QED) is 0.448. The molecule has 0 aromatic heterocycles. The molecule has 3 aliphatic heterocycles. The molecule has 206 valence electrons. The minimum absolute atomic E-state index is 0.00898. The summed E-state index contributed by atoms with van der Waals surface area (Å²) in [6, 6.07) is 11.8. The molecule has 3 aliphatic rings. The first-order chi connectivity index (χ1) is 18.0. The number of anilines is 1. The first kappa shape index (κ1) is 26.6. The van der Waals surface area contributed by atoms with Gasteiger partial charge in [-0.05, 0) is 43.1 Å². The summed E-state index contributed by atoms with van der Waals surface area (Å²) in [4.78, 5) is 14.4. The van der Waals surface area contributed by atoms with E-state index in [0.717, 1.165) is 12.0 Å². The number of alkyl halides is 5. The van der Waals surface area contributed by atoms with Crippen molar-refractivity contribution in [2.45, 2.75) is 55.8 Å². The number of urea groups is 1. The van der Waals surface area contributed by atoms with Gasteiger partial charge in [0.15, 0.2) is 11.8 Å². The zero-order valence-electron chi connectivity index (χ0n) is 20.5. The molecule has 2 aromatic rings. The molecule has 2 aromatic carbocycles. The standard InChI is InChI=1S/C26H29F5N4O3/c27-24(28)15-35(16-24)14-17-7-9-18(10-8-17)33-23(36)34-20-5-3-12-32-22(20)38-21-6-2-1-4-19(21)25(11-13-37-25)26(29,30)31/h1-2,4,6-10,20,22,32H,3,5,11-16H2,(H2,33,34,36). The number of amides is 2. The van der Waals surface area contributed by atoms with Crippen LogP contribution in [0.25, 0.3) is 0 Å². The Morgan fingerprint density at radius 3 is 2.47 bits per heavy atom. The lowest BCUT2D eigenvalue weighted by molar-refractivity contribution is -0.334. The summed E-state index contributed by atoms with van der Waals surface area (Å²) in [7, 11) is 0. The third-order valence-electron chi connectivity index (χ3n) is 7.08. The van der Waals surface area contributed by atoms with E-state index >= 15 is 0 Å². The predicted molar refractivity (Wildman–Crippen MR) is 129 cm³/mol. The second kappa shape index (κ2) is 10.3. The lowest BCUT2D eigenvalue weighted by Gasteiger charge is -2.44. The Hall–Kier alpha value is -2.96. The van der Waals surface area contributed by atoms with E-state index in [0.29, 0.717) is 25.2 Å². The summed E-state index contributed by atoms with van der Waals surface area (Å²) in [6.45, 7) is 0.468. The van der Waals surface area contributed by atoms with E-state index in [9.17, 15) is 26.7 Å². The summed E-state index contributed by atoms with van der Waals surface area (Å²) in [5.74, 6) is -2.58. The number of rotatable bonds is 7. The average Bonchev–Trinajstić information content (AvgIpc) is 2.80. The van der Waals surface area contributed by atoms with Gasteiger partial charge in [-0.3, -0.25) is 10.2 Å². The van der Waals surface area contributed by atoms with Crippen LogP contribution in [-0.2, 0) is 16.9 Å². The highest BCUT2D eigenvalue weighted by molar-refractivity contribution is 5.89. The van der Waals surface area contributed by atoms with Crippen LogP contribution in [0.3, 0.4) is 0 Å². The largest absolute Gasteiger partial charge is 0.473 e. The molecule has 3 N–H and O–H groups in total. The van der Waals surface area contributed by atoms with Crippen LogP contribution in [0.15, 0.2) is 48.5 Å². The van der Waals surface area contributed by atoms with Crippen molar-refractivity contribution in [3.63, 3.8) is 0 Å². The van der Waals surface area contributed by atoms with Crippen LogP contribution in [0.4, 0.5) is 32.4 Å². The number of hydrogen-bond acceptors (Lipinski definition) is 5. The normalized spacial score (nSPS) is 27.1. The first-order valence-corrected chi connectivity index (χ1v) is 12.5. The van der Waals surface area contributed by atoms with Crippen LogP contribution < -0.4 is 20.7 Å². The number of piperidine rings is 1. The molecule has 0 aliphatic carbocycles. The summed E-state index contributed by atoms with van der Waals surface area (Å²) in [5, 5.41) is 8.72. The van der Waals surface area contributed by atoms with E-state index in [1.807, 2.05) is 0 Å². The maximum atomic E-state index is 13.9. The number of hydrogen-bond donors (Lipinski definition) is 3. The molecule has 7 nitrogen and oxygen atoms in total. The fourth-order valence-corrected chi connectivity index (χ4v) is 5.07. The van der Waals surface area contributed by atoms with Crippen LogP contribution in [0.5, 0.6) is 5.75 Å². The van der Waals surface area contributed by atoms with Gasteiger partial charge in [0.05, 0.1) is 25.7 Å². The Kier molecular flexibility index (Phi) is 7.23. The van der Waals surface area contributed by atoms with Gasteiger partial charge in [-0.2, -0.15) is 13.2 Å². The second-order valence-electron chi connectivity index (χ2n) is 9.96. The first-order valence-electron chi connectivity index (χ1n) is 12.5. The van der Waals surface area contributed by atoms with Crippen LogP contribution >= 0.6 is 0 Å². The fraction of sp³-hybridized carbons (Fsp3) is 0.500. The van der Waals surface area contributed by atoms with Crippen molar-refractivity contribution >= 4 is 11.7 Å². The van der Waals surface area contributed by atoms with Gasteiger partial charge in [0.2, 0.25) is 0 Å². The molecule has 2 amide bonds. The highest BCUT2D eigenvalue weighted by atomic mass is 19.4. The molecular formula is C26H29F5N4O3. The van der Waals surface area contributed by atoms with Crippen molar-refractivity contribution in [3.05, 3.63) is 59.7 Å². The molecule has 38 heavy (non-hydrogen) atoms. The molecule has 0 bridgehead atoms. The number of carbonyl (C=O) groups excluding carboxylic acids is 1. The van der Waals surface area contributed by atoms with Gasteiger partial charge in [0, 0.05) is 24.2 Å². The summed E-state index contributed by atoms with van der Waals surface area (Å²) >= 11 is 0. The number of nitrogens with one attached hydrogen (secondary N) is 3. The Morgan fingerprint density at radius 1 is 1.13 bits per heavy atom. The van der Waals surface area contributed by atoms with Gasteiger partial charge in [0.1, 0.15) is 5.75 Å². The molecular weight excluding hydrogens is 511 g/mol. The smallest absolute Gasteiger partial charge is 0.421 e. The molecule has 3 heterocycles. The monoisotopic (exact) mass is 540 g/mol. The topological polar surface area (TPSA) is 74.9 Å². The van der Waals surface area contributed by atoms with Crippen molar-refractivity contribution in [2.24, 2.45) is 0 Å². The van der Waals surface area contributed by atoms with Crippen molar-refractivity contribution in [3.8, 4) is 5.75 Å². The number of carbonyl (C=O) groups is 1. The van der Waals surface area contributed by atoms with Crippen molar-refractivity contribution in [1.82, 2.24) is 15.5 Å². The molecule has 5 rings (SSSR count). The van der Waals surface area contributed by atoms with Gasteiger partial charge < -0.3 is 20.1 Å². The van der Waals surface area contributed by atoms with Gasteiger partial charge in [-0.25, -0.2) is 13.6 Å². The maximum Gasteiger partial charge on any atom is 0.421 e. The number of ether oxygens (including phenoxy) is 2. The minimum Gasteiger partial charge on any atom is -0.473 e. The molecule has 12 heteroatoms. The fourth-order valence-electron chi connectivity index (χ4n) is 5.07. The molecule has 0 radical (unpaired) electrons. The van der Waals surface area contributed by atoms with E-state index in [4.69, 9.17) is 9.47 Å². The number of halogens is 5. The van der Waals surface area contributed by atoms with Crippen LogP contribution in [-0.4, -0.2) is 61.5 Å². The Labute approximate surface area is 216 Å². The zero-order valence-corrected chi connectivity index (χ0v) is 20.5.